The lowest BCUT2D eigenvalue weighted by atomic mass is 9.86. The summed E-state index contributed by atoms with van der Waals surface area (Å²) in [6.07, 6.45) is 1.05. The number of aryl methyl sites for hydroxylation is 2. The Morgan fingerprint density at radius 3 is 2.56 bits per heavy atom. The Morgan fingerprint density at radius 2 is 1.88 bits per heavy atom. The molecule has 0 saturated carbocycles. The van der Waals surface area contributed by atoms with Gasteiger partial charge in [0.25, 0.3) is 0 Å². The van der Waals surface area contributed by atoms with E-state index in [0.29, 0.717) is 0 Å². The van der Waals surface area contributed by atoms with Crippen LogP contribution in [0.4, 0.5) is 5.82 Å². The highest BCUT2D eigenvalue weighted by atomic mass is 15.4. The third-order valence-corrected chi connectivity index (χ3v) is 4.98. The molecule has 0 radical (unpaired) electrons. The Balaban J connectivity index is 1.58. The number of anilines is 1. The van der Waals surface area contributed by atoms with Crippen LogP contribution < -0.4 is 5.32 Å². The predicted octanol–water partition coefficient (Wildman–Crippen LogP) is 4.11. The van der Waals surface area contributed by atoms with E-state index in [-0.39, 0.29) is 11.5 Å². The van der Waals surface area contributed by atoms with Gasteiger partial charge in [-0.05, 0) is 55.0 Å². The van der Waals surface area contributed by atoms with E-state index < -0.39 is 0 Å². The number of nitrogens with one attached hydrogen (secondary N) is 1. The lowest BCUT2D eigenvalue weighted by Gasteiger charge is -2.19. The first-order valence-corrected chi connectivity index (χ1v) is 8.67. The van der Waals surface area contributed by atoms with Crippen molar-refractivity contribution in [3.8, 4) is 5.82 Å². The Kier molecular flexibility index (Phi) is 3.60. The average Bonchev–Trinajstić information content (AvgIpc) is 3.05. The van der Waals surface area contributed by atoms with E-state index in [4.69, 9.17) is 0 Å². The first-order chi connectivity index (χ1) is 11.9. The van der Waals surface area contributed by atoms with Gasteiger partial charge in [-0.1, -0.05) is 38.1 Å². The fraction of sp³-hybridized carbons (Fsp3) is 0.350. The second kappa shape index (κ2) is 5.69. The maximum Gasteiger partial charge on any atom is 0.176 e. The Labute approximate surface area is 148 Å². The maximum atomic E-state index is 4.46. The Morgan fingerprint density at radius 1 is 1.08 bits per heavy atom. The highest BCUT2D eigenvalue weighted by molar-refractivity contribution is 5.47. The minimum absolute atomic E-state index is 0.172. The zero-order chi connectivity index (χ0) is 17.6. The van der Waals surface area contributed by atoms with Crippen LogP contribution in [0, 0.1) is 13.8 Å². The molecule has 5 nitrogen and oxygen atoms in total. The molecule has 1 N–H and O–H groups in total. The molecule has 2 aromatic heterocycles. The standard InChI is InChI=1S/C20H23N5/c1-13-11-14(2)25(24-13)19-10-9-18(22-23-19)21-17-12-20(3,4)16-8-6-5-7-15(16)17/h5-11,17H,12H2,1-4H3,(H,21,22). The minimum atomic E-state index is 0.172. The summed E-state index contributed by atoms with van der Waals surface area (Å²) in [5.41, 5.74) is 4.98. The molecule has 1 aliphatic carbocycles. The van der Waals surface area contributed by atoms with Crippen LogP contribution >= 0.6 is 0 Å². The molecule has 1 unspecified atom stereocenters. The number of aromatic nitrogens is 4. The van der Waals surface area contributed by atoms with Crippen molar-refractivity contribution < 1.29 is 0 Å². The molecular formula is C20H23N5. The van der Waals surface area contributed by atoms with Crippen LogP contribution in [0.1, 0.15) is 48.8 Å². The summed E-state index contributed by atoms with van der Waals surface area (Å²) in [5, 5.41) is 16.7. The lowest BCUT2D eigenvalue weighted by Crippen LogP contribution is -2.15. The molecule has 3 aromatic rings. The second-order valence-electron chi connectivity index (χ2n) is 7.49. The zero-order valence-electron chi connectivity index (χ0n) is 15.1. The van der Waals surface area contributed by atoms with E-state index in [0.717, 1.165) is 29.4 Å². The van der Waals surface area contributed by atoms with Gasteiger partial charge in [0.15, 0.2) is 5.82 Å². The summed E-state index contributed by atoms with van der Waals surface area (Å²) < 4.78 is 1.82. The molecule has 128 valence electrons. The topological polar surface area (TPSA) is 55.6 Å². The van der Waals surface area contributed by atoms with Gasteiger partial charge in [0.2, 0.25) is 0 Å². The lowest BCUT2D eigenvalue weighted by molar-refractivity contribution is 0.493. The molecule has 25 heavy (non-hydrogen) atoms. The van der Waals surface area contributed by atoms with Crippen molar-refractivity contribution in [1.29, 1.82) is 0 Å². The molecule has 0 amide bonds. The van der Waals surface area contributed by atoms with Gasteiger partial charge < -0.3 is 5.32 Å². The van der Waals surface area contributed by atoms with Crippen LogP contribution in [0.15, 0.2) is 42.5 Å². The van der Waals surface area contributed by atoms with E-state index in [9.17, 15) is 0 Å². The number of nitrogens with zero attached hydrogens (tertiary/aromatic N) is 4. The highest BCUT2D eigenvalue weighted by Crippen LogP contribution is 2.45. The average molecular weight is 333 g/mol. The molecule has 0 saturated heterocycles. The summed E-state index contributed by atoms with van der Waals surface area (Å²) in [6.45, 7) is 8.59. The molecule has 1 atom stereocenters. The summed E-state index contributed by atoms with van der Waals surface area (Å²) in [5.74, 6) is 1.53. The minimum Gasteiger partial charge on any atom is -0.362 e. The first kappa shape index (κ1) is 15.8. The summed E-state index contributed by atoms with van der Waals surface area (Å²) in [7, 11) is 0. The first-order valence-electron chi connectivity index (χ1n) is 8.67. The number of hydrogen-bond acceptors (Lipinski definition) is 4. The van der Waals surface area contributed by atoms with Crippen molar-refractivity contribution in [3.05, 3.63) is 65.0 Å². The molecule has 2 heterocycles. The monoisotopic (exact) mass is 333 g/mol. The van der Waals surface area contributed by atoms with Gasteiger partial charge >= 0.3 is 0 Å². The van der Waals surface area contributed by atoms with Crippen LogP contribution in [0.5, 0.6) is 0 Å². The maximum absolute atomic E-state index is 4.46. The van der Waals surface area contributed by atoms with Crippen LogP contribution in [-0.2, 0) is 5.41 Å². The molecule has 1 aliphatic rings. The van der Waals surface area contributed by atoms with Gasteiger partial charge in [-0.2, -0.15) is 5.10 Å². The number of fused-ring (bicyclic) bond motifs is 1. The molecule has 5 heteroatoms. The number of hydrogen-bond donors (Lipinski definition) is 1. The summed E-state index contributed by atoms with van der Waals surface area (Å²) >= 11 is 0. The van der Waals surface area contributed by atoms with Gasteiger partial charge in [-0.25, -0.2) is 4.68 Å². The molecular weight excluding hydrogens is 310 g/mol. The van der Waals surface area contributed by atoms with Crippen LogP contribution in [0.2, 0.25) is 0 Å². The van der Waals surface area contributed by atoms with Crippen LogP contribution in [0.3, 0.4) is 0 Å². The van der Waals surface area contributed by atoms with Crippen molar-refractivity contribution in [2.24, 2.45) is 0 Å². The van der Waals surface area contributed by atoms with Gasteiger partial charge in [-0.3, -0.25) is 0 Å². The second-order valence-corrected chi connectivity index (χ2v) is 7.49. The highest BCUT2D eigenvalue weighted by Gasteiger charge is 2.36. The van der Waals surface area contributed by atoms with Crippen LogP contribution in [-0.4, -0.2) is 20.0 Å². The van der Waals surface area contributed by atoms with E-state index in [2.05, 4.69) is 58.7 Å². The molecule has 0 aliphatic heterocycles. The largest absolute Gasteiger partial charge is 0.362 e. The van der Waals surface area contributed by atoms with Crippen molar-refractivity contribution in [1.82, 2.24) is 20.0 Å². The van der Waals surface area contributed by atoms with Gasteiger partial charge in [0.1, 0.15) is 5.82 Å². The van der Waals surface area contributed by atoms with Gasteiger partial charge in [0, 0.05) is 5.69 Å². The molecule has 1 aromatic carbocycles. The third kappa shape index (κ3) is 2.80. The Bertz CT molecular complexity index is 908. The van der Waals surface area contributed by atoms with Crippen molar-refractivity contribution >= 4 is 5.82 Å². The SMILES string of the molecule is Cc1cc(C)n(-c2ccc(NC3CC(C)(C)c4ccccc43)nn2)n1. The molecule has 0 fully saturated rings. The quantitative estimate of drug-likeness (QED) is 0.783. The van der Waals surface area contributed by atoms with Crippen molar-refractivity contribution in [3.63, 3.8) is 0 Å². The molecule has 4 rings (SSSR count). The summed E-state index contributed by atoms with van der Waals surface area (Å²) in [4.78, 5) is 0. The van der Waals surface area contributed by atoms with Crippen LogP contribution in [0.25, 0.3) is 5.82 Å². The van der Waals surface area contributed by atoms with E-state index in [1.54, 1.807) is 0 Å². The van der Waals surface area contributed by atoms with E-state index in [1.807, 2.05) is 36.7 Å². The molecule has 0 bridgehead atoms. The third-order valence-electron chi connectivity index (χ3n) is 4.98. The van der Waals surface area contributed by atoms with Crippen molar-refractivity contribution in [2.45, 2.75) is 45.6 Å². The smallest absolute Gasteiger partial charge is 0.176 e. The zero-order valence-corrected chi connectivity index (χ0v) is 15.1. The fourth-order valence-electron chi connectivity index (χ4n) is 3.83. The normalized spacial score (nSPS) is 18.2. The van der Waals surface area contributed by atoms with E-state index in [1.165, 1.54) is 11.1 Å². The van der Waals surface area contributed by atoms with Gasteiger partial charge in [0.05, 0.1) is 11.7 Å². The molecule has 0 spiro atoms. The Hall–Kier alpha value is -2.69. The number of benzene rings is 1. The fourth-order valence-corrected chi connectivity index (χ4v) is 3.83. The van der Waals surface area contributed by atoms with Crippen molar-refractivity contribution in [2.75, 3.05) is 5.32 Å². The summed E-state index contributed by atoms with van der Waals surface area (Å²) in [6, 6.07) is 14.9. The predicted molar refractivity (Wildman–Crippen MR) is 99.1 cm³/mol. The van der Waals surface area contributed by atoms with Gasteiger partial charge in [-0.15, -0.1) is 10.2 Å². The van der Waals surface area contributed by atoms with E-state index >= 15 is 0 Å². The number of rotatable bonds is 3.